The predicted molar refractivity (Wildman–Crippen MR) is 88.0 cm³/mol. The van der Waals surface area contributed by atoms with Crippen LogP contribution < -0.4 is 5.32 Å². The number of hydrogen-bond donors (Lipinski definition) is 2. The van der Waals surface area contributed by atoms with Gasteiger partial charge in [0.2, 0.25) is 0 Å². The molecule has 0 aliphatic heterocycles. The van der Waals surface area contributed by atoms with Crippen LogP contribution in [0.3, 0.4) is 0 Å². The zero-order valence-corrected chi connectivity index (χ0v) is 13.4. The molecule has 0 unspecified atom stereocenters. The van der Waals surface area contributed by atoms with Crippen molar-refractivity contribution in [2.45, 2.75) is 44.8 Å². The highest BCUT2D eigenvalue weighted by Gasteiger charge is 2.22. The number of carbonyl (C=O) groups excluding carboxylic acids is 1. The first-order chi connectivity index (χ1) is 10.6. The van der Waals surface area contributed by atoms with E-state index >= 15 is 0 Å². The number of rotatable bonds is 3. The van der Waals surface area contributed by atoms with Crippen molar-refractivity contribution in [3.63, 3.8) is 0 Å². The van der Waals surface area contributed by atoms with Crippen LogP contribution >= 0.6 is 11.3 Å². The first-order valence-corrected chi connectivity index (χ1v) is 8.51. The Morgan fingerprint density at radius 3 is 2.59 bits per heavy atom. The molecule has 1 saturated carbocycles. The van der Waals surface area contributed by atoms with Crippen LogP contribution in [-0.4, -0.2) is 28.1 Å². The lowest BCUT2D eigenvalue weighted by atomic mass is 9.93. The smallest absolute Gasteiger partial charge is 0.270 e. The van der Waals surface area contributed by atoms with Crippen molar-refractivity contribution in [3.8, 4) is 10.6 Å². The fraction of sp³-hybridized carbons (Fsp3) is 0.412. The van der Waals surface area contributed by atoms with E-state index in [1.165, 1.54) is 16.9 Å². The maximum Gasteiger partial charge on any atom is 0.270 e. The zero-order valence-electron chi connectivity index (χ0n) is 12.6. The SMILES string of the molecule is Cc1ccc(-c2nc(C(=O)NC3CCC(O)CC3)cs2)cc1. The molecule has 1 fully saturated rings. The van der Waals surface area contributed by atoms with Gasteiger partial charge >= 0.3 is 0 Å². The lowest BCUT2D eigenvalue weighted by molar-refractivity contribution is 0.0864. The topological polar surface area (TPSA) is 62.2 Å². The summed E-state index contributed by atoms with van der Waals surface area (Å²) in [6.45, 7) is 2.05. The molecule has 0 saturated heterocycles. The molecular formula is C17H20N2O2S. The Bertz CT molecular complexity index is 643. The minimum absolute atomic E-state index is 0.115. The summed E-state index contributed by atoms with van der Waals surface area (Å²) in [5, 5.41) is 15.2. The van der Waals surface area contributed by atoms with E-state index in [0.29, 0.717) is 5.69 Å². The Balaban J connectivity index is 1.65. The van der Waals surface area contributed by atoms with Gasteiger partial charge < -0.3 is 10.4 Å². The average molecular weight is 316 g/mol. The molecule has 4 nitrogen and oxygen atoms in total. The fourth-order valence-electron chi connectivity index (χ4n) is 2.69. The first-order valence-electron chi connectivity index (χ1n) is 7.63. The van der Waals surface area contributed by atoms with Crippen LogP contribution in [0.1, 0.15) is 41.7 Å². The number of amides is 1. The third kappa shape index (κ3) is 3.54. The lowest BCUT2D eigenvalue weighted by Crippen LogP contribution is -2.38. The molecule has 3 rings (SSSR count). The van der Waals surface area contributed by atoms with Gasteiger partial charge in [0, 0.05) is 17.0 Å². The molecular weight excluding hydrogens is 296 g/mol. The second-order valence-corrected chi connectivity index (χ2v) is 6.74. The van der Waals surface area contributed by atoms with Crippen LogP contribution in [0.4, 0.5) is 0 Å². The number of carbonyl (C=O) groups is 1. The molecule has 0 radical (unpaired) electrons. The number of aromatic nitrogens is 1. The number of benzene rings is 1. The van der Waals surface area contributed by atoms with E-state index in [1.54, 1.807) is 0 Å². The number of aryl methyl sites for hydroxylation is 1. The van der Waals surface area contributed by atoms with E-state index in [-0.39, 0.29) is 18.1 Å². The molecule has 116 valence electrons. The minimum atomic E-state index is -0.208. The van der Waals surface area contributed by atoms with Gasteiger partial charge in [0.1, 0.15) is 10.7 Å². The van der Waals surface area contributed by atoms with Crippen molar-refractivity contribution < 1.29 is 9.90 Å². The van der Waals surface area contributed by atoms with Gasteiger partial charge in [-0.05, 0) is 32.6 Å². The third-order valence-corrected chi connectivity index (χ3v) is 4.96. The van der Waals surface area contributed by atoms with Gasteiger partial charge in [-0.3, -0.25) is 4.79 Å². The van der Waals surface area contributed by atoms with Gasteiger partial charge in [-0.2, -0.15) is 0 Å². The zero-order chi connectivity index (χ0) is 15.5. The van der Waals surface area contributed by atoms with Crippen molar-refractivity contribution in [2.24, 2.45) is 0 Å². The summed E-state index contributed by atoms with van der Waals surface area (Å²) < 4.78 is 0. The maximum atomic E-state index is 12.3. The number of nitrogens with zero attached hydrogens (tertiary/aromatic N) is 1. The molecule has 0 atom stereocenters. The minimum Gasteiger partial charge on any atom is -0.393 e. The third-order valence-electron chi connectivity index (χ3n) is 4.07. The highest BCUT2D eigenvalue weighted by Crippen LogP contribution is 2.24. The Hall–Kier alpha value is -1.72. The van der Waals surface area contributed by atoms with E-state index in [4.69, 9.17) is 0 Å². The number of aliphatic hydroxyl groups excluding tert-OH is 1. The first kappa shape index (κ1) is 15.2. The summed E-state index contributed by atoms with van der Waals surface area (Å²) in [4.78, 5) is 16.7. The molecule has 2 aromatic rings. The standard InChI is InChI=1S/C17H20N2O2S/c1-11-2-4-12(5-3-11)17-19-15(10-22-17)16(21)18-13-6-8-14(20)9-7-13/h2-5,10,13-14,20H,6-9H2,1H3,(H,18,21). The van der Waals surface area contributed by atoms with E-state index < -0.39 is 0 Å². The van der Waals surface area contributed by atoms with Crippen molar-refractivity contribution in [1.82, 2.24) is 10.3 Å². The molecule has 2 N–H and O–H groups in total. The molecule has 1 aromatic carbocycles. The van der Waals surface area contributed by atoms with E-state index in [1.807, 2.05) is 36.6 Å². The molecule has 1 aliphatic rings. The number of thiazole rings is 1. The van der Waals surface area contributed by atoms with Crippen LogP contribution in [0, 0.1) is 6.92 Å². The van der Waals surface area contributed by atoms with Crippen LogP contribution in [0.2, 0.25) is 0 Å². The van der Waals surface area contributed by atoms with E-state index in [9.17, 15) is 9.90 Å². The van der Waals surface area contributed by atoms with Crippen molar-refractivity contribution >= 4 is 17.2 Å². The predicted octanol–water partition coefficient (Wildman–Crippen LogP) is 3.15. The molecule has 1 heterocycles. The molecule has 5 heteroatoms. The number of hydrogen-bond acceptors (Lipinski definition) is 4. The molecule has 22 heavy (non-hydrogen) atoms. The van der Waals surface area contributed by atoms with Crippen molar-refractivity contribution in [2.75, 3.05) is 0 Å². The highest BCUT2D eigenvalue weighted by molar-refractivity contribution is 7.13. The Morgan fingerprint density at radius 1 is 1.23 bits per heavy atom. The molecule has 1 aliphatic carbocycles. The van der Waals surface area contributed by atoms with Gasteiger partial charge in [0.15, 0.2) is 0 Å². The lowest BCUT2D eigenvalue weighted by Gasteiger charge is -2.25. The highest BCUT2D eigenvalue weighted by atomic mass is 32.1. The second kappa shape index (κ2) is 6.58. The van der Waals surface area contributed by atoms with Gasteiger partial charge in [-0.1, -0.05) is 29.8 Å². The molecule has 0 bridgehead atoms. The van der Waals surface area contributed by atoms with E-state index in [2.05, 4.69) is 10.3 Å². The quantitative estimate of drug-likeness (QED) is 0.914. The summed E-state index contributed by atoms with van der Waals surface area (Å²) in [6.07, 6.45) is 2.98. The molecule has 0 spiro atoms. The van der Waals surface area contributed by atoms with Crippen LogP contribution in [0.15, 0.2) is 29.6 Å². The second-order valence-electron chi connectivity index (χ2n) is 5.88. The summed E-state index contributed by atoms with van der Waals surface area (Å²) in [7, 11) is 0. The largest absolute Gasteiger partial charge is 0.393 e. The number of aliphatic hydroxyl groups is 1. The van der Waals surface area contributed by atoms with Gasteiger partial charge in [-0.15, -0.1) is 11.3 Å². The monoisotopic (exact) mass is 316 g/mol. The Kier molecular flexibility index (Phi) is 4.55. The molecule has 1 amide bonds. The maximum absolute atomic E-state index is 12.3. The van der Waals surface area contributed by atoms with Crippen LogP contribution in [0.5, 0.6) is 0 Å². The Morgan fingerprint density at radius 2 is 1.91 bits per heavy atom. The van der Waals surface area contributed by atoms with Crippen LogP contribution in [0.25, 0.3) is 10.6 Å². The molecule has 1 aromatic heterocycles. The van der Waals surface area contributed by atoms with Crippen LogP contribution in [-0.2, 0) is 0 Å². The Labute approximate surface area is 134 Å². The van der Waals surface area contributed by atoms with Gasteiger partial charge in [0.05, 0.1) is 6.10 Å². The van der Waals surface area contributed by atoms with E-state index in [0.717, 1.165) is 36.3 Å². The van der Waals surface area contributed by atoms with Gasteiger partial charge in [0.25, 0.3) is 5.91 Å². The summed E-state index contributed by atoms with van der Waals surface area (Å²) >= 11 is 1.49. The summed E-state index contributed by atoms with van der Waals surface area (Å²) in [5.74, 6) is -0.115. The number of nitrogens with one attached hydrogen (secondary N) is 1. The van der Waals surface area contributed by atoms with Crippen molar-refractivity contribution in [3.05, 3.63) is 40.9 Å². The summed E-state index contributed by atoms with van der Waals surface area (Å²) in [6, 6.07) is 8.30. The summed E-state index contributed by atoms with van der Waals surface area (Å²) in [5.41, 5.74) is 2.72. The van der Waals surface area contributed by atoms with Crippen molar-refractivity contribution in [1.29, 1.82) is 0 Å². The normalized spacial score (nSPS) is 21.5. The average Bonchev–Trinajstić information content (AvgIpc) is 3.00. The fourth-order valence-corrected chi connectivity index (χ4v) is 3.49. The van der Waals surface area contributed by atoms with Gasteiger partial charge in [-0.25, -0.2) is 4.98 Å².